The van der Waals surface area contributed by atoms with Gasteiger partial charge < -0.3 is 10.8 Å². The molecule has 0 aromatic heterocycles. The van der Waals surface area contributed by atoms with E-state index < -0.39 is 0 Å². The van der Waals surface area contributed by atoms with Gasteiger partial charge in [0.2, 0.25) is 0 Å². The highest BCUT2D eigenvalue weighted by atomic mass is 16.3. The Bertz CT molecular complexity index is 579. The molecule has 1 aromatic rings. The predicted octanol–water partition coefficient (Wildman–Crippen LogP) is 4.50. The number of aliphatic hydroxyl groups excluding tert-OH is 1. The number of rotatable bonds is 6. The number of hydrogen-bond acceptors (Lipinski definition) is 2. The van der Waals surface area contributed by atoms with Crippen molar-refractivity contribution in [3.8, 4) is 0 Å². The van der Waals surface area contributed by atoms with Crippen molar-refractivity contribution < 1.29 is 5.11 Å². The summed E-state index contributed by atoms with van der Waals surface area (Å²) >= 11 is 0. The van der Waals surface area contributed by atoms with Crippen molar-refractivity contribution in [1.29, 1.82) is 0 Å². The van der Waals surface area contributed by atoms with Crippen molar-refractivity contribution in [3.05, 3.63) is 47.0 Å². The number of allylic oxidation sites excluding steroid dienone is 2. The van der Waals surface area contributed by atoms with Gasteiger partial charge in [-0.1, -0.05) is 37.3 Å². The van der Waals surface area contributed by atoms with Crippen LogP contribution in [0.4, 0.5) is 0 Å². The standard InChI is InChI=1S/C22H33NO/c1-2-3-4-5-6-17-7-8-19-14-20(10-9-18(19)13-17)21-11-12-22(23,15-21)16-24/h3-4,9-10,14,17,21,24H,2,5-8,11-13,15-16,23H2,1H3/b4-3-/t17-,21-,22+/m0/s1. The van der Waals surface area contributed by atoms with Crippen LogP contribution < -0.4 is 5.73 Å². The maximum atomic E-state index is 9.49. The number of fused-ring (bicyclic) bond motifs is 1. The third kappa shape index (κ3) is 4.10. The first-order chi connectivity index (χ1) is 11.6. The van der Waals surface area contributed by atoms with Crippen LogP contribution >= 0.6 is 0 Å². The molecule has 24 heavy (non-hydrogen) atoms. The molecule has 1 aromatic carbocycles. The molecule has 2 heteroatoms. The maximum absolute atomic E-state index is 9.49. The van der Waals surface area contributed by atoms with Crippen molar-refractivity contribution in [2.24, 2.45) is 11.7 Å². The number of benzene rings is 1. The fourth-order valence-electron chi connectivity index (χ4n) is 4.55. The van der Waals surface area contributed by atoms with Gasteiger partial charge in [-0.25, -0.2) is 0 Å². The molecule has 0 aliphatic heterocycles. The lowest BCUT2D eigenvalue weighted by molar-refractivity contribution is 0.198. The summed E-state index contributed by atoms with van der Waals surface area (Å²) in [5.41, 5.74) is 10.5. The largest absolute Gasteiger partial charge is 0.394 e. The van der Waals surface area contributed by atoms with Gasteiger partial charge in [-0.2, -0.15) is 0 Å². The fourth-order valence-corrected chi connectivity index (χ4v) is 4.55. The Morgan fingerprint density at radius 2 is 2.12 bits per heavy atom. The molecular formula is C22H33NO. The third-order valence-electron chi connectivity index (χ3n) is 6.13. The topological polar surface area (TPSA) is 46.2 Å². The second-order valence-corrected chi connectivity index (χ2v) is 8.05. The average molecular weight is 328 g/mol. The van der Waals surface area contributed by atoms with Crippen LogP contribution in [0, 0.1) is 5.92 Å². The summed E-state index contributed by atoms with van der Waals surface area (Å²) in [6, 6.07) is 7.14. The Kier molecular flexibility index (Phi) is 5.78. The molecule has 1 fully saturated rings. The third-order valence-corrected chi connectivity index (χ3v) is 6.13. The summed E-state index contributed by atoms with van der Waals surface area (Å²) in [7, 11) is 0. The van der Waals surface area contributed by atoms with E-state index in [2.05, 4.69) is 37.3 Å². The normalized spacial score (nSPS) is 30.0. The lowest BCUT2D eigenvalue weighted by atomic mass is 9.80. The maximum Gasteiger partial charge on any atom is 0.0611 e. The Labute approximate surface area is 147 Å². The summed E-state index contributed by atoms with van der Waals surface area (Å²) < 4.78 is 0. The molecule has 3 N–H and O–H groups in total. The first-order valence-corrected chi connectivity index (χ1v) is 9.80. The summed E-state index contributed by atoms with van der Waals surface area (Å²) in [5.74, 6) is 1.38. The van der Waals surface area contributed by atoms with Crippen molar-refractivity contribution in [2.75, 3.05) is 6.61 Å². The molecule has 2 aliphatic carbocycles. The number of hydrogen-bond donors (Lipinski definition) is 2. The highest BCUT2D eigenvalue weighted by molar-refractivity contribution is 5.36. The zero-order valence-electron chi connectivity index (χ0n) is 15.1. The van der Waals surface area contributed by atoms with Crippen LogP contribution in [-0.4, -0.2) is 17.3 Å². The van der Waals surface area contributed by atoms with E-state index in [0.717, 1.165) is 31.6 Å². The molecule has 1 saturated carbocycles. The van der Waals surface area contributed by atoms with Crippen LogP contribution in [0.15, 0.2) is 30.4 Å². The predicted molar refractivity (Wildman–Crippen MR) is 101 cm³/mol. The van der Waals surface area contributed by atoms with E-state index in [0.29, 0.717) is 5.92 Å². The minimum Gasteiger partial charge on any atom is -0.394 e. The molecular weight excluding hydrogens is 294 g/mol. The van der Waals surface area contributed by atoms with Gasteiger partial charge >= 0.3 is 0 Å². The highest BCUT2D eigenvalue weighted by Gasteiger charge is 2.36. The zero-order chi connectivity index (χ0) is 17.0. The first kappa shape index (κ1) is 17.7. The molecule has 0 unspecified atom stereocenters. The van der Waals surface area contributed by atoms with E-state index >= 15 is 0 Å². The van der Waals surface area contributed by atoms with E-state index in [9.17, 15) is 5.11 Å². The van der Waals surface area contributed by atoms with E-state index in [-0.39, 0.29) is 12.1 Å². The molecule has 132 valence electrons. The van der Waals surface area contributed by atoms with Crippen molar-refractivity contribution >= 4 is 0 Å². The summed E-state index contributed by atoms with van der Waals surface area (Å²) in [6.45, 7) is 2.31. The monoisotopic (exact) mass is 327 g/mol. The van der Waals surface area contributed by atoms with E-state index in [1.54, 1.807) is 11.1 Å². The smallest absolute Gasteiger partial charge is 0.0611 e. The average Bonchev–Trinajstić information content (AvgIpc) is 3.01. The summed E-state index contributed by atoms with van der Waals surface area (Å²) in [4.78, 5) is 0. The Hall–Kier alpha value is -1.12. The van der Waals surface area contributed by atoms with Crippen LogP contribution in [-0.2, 0) is 12.8 Å². The molecule has 0 amide bonds. The molecule has 0 spiro atoms. The van der Waals surface area contributed by atoms with Gasteiger partial charge in [0.05, 0.1) is 6.61 Å². The molecule has 2 aliphatic rings. The molecule has 3 rings (SSSR count). The van der Waals surface area contributed by atoms with Gasteiger partial charge in [0.25, 0.3) is 0 Å². The van der Waals surface area contributed by atoms with Crippen LogP contribution in [0.5, 0.6) is 0 Å². The SMILES string of the molecule is CC/C=C\CC[C@H]1CCc2cc([C@H]3CC[C@](N)(CO)C3)ccc2C1. The van der Waals surface area contributed by atoms with Crippen LogP contribution in [0.1, 0.15) is 74.5 Å². The lowest BCUT2D eigenvalue weighted by Gasteiger charge is -2.26. The van der Waals surface area contributed by atoms with Gasteiger partial charge in [0.1, 0.15) is 0 Å². The van der Waals surface area contributed by atoms with Crippen molar-refractivity contribution in [3.63, 3.8) is 0 Å². The minimum absolute atomic E-state index is 0.114. The van der Waals surface area contributed by atoms with Crippen LogP contribution in [0.3, 0.4) is 0 Å². The van der Waals surface area contributed by atoms with E-state index in [1.807, 2.05) is 0 Å². The lowest BCUT2D eigenvalue weighted by Crippen LogP contribution is -2.40. The second-order valence-electron chi connectivity index (χ2n) is 8.05. The van der Waals surface area contributed by atoms with Gasteiger partial charge in [0.15, 0.2) is 0 Å². The van der Waals surface area contributed by atoms with E-state index in [4.69, 9.17) is 5.73 Å². The molecule has 0 saturated heterocycles. The van der Waals surface area contributed by atoms with Gasteiger partial charge in [-0.05, 0) is 86.3 Å². The Morgan fingerprint density at radius 3 is 2.88 bits per heavy atom. The number of aliphatic hydroxyl groups is 1. The Balaban J connectivity index is 1.61. The van der Waals surface area contributed by atoms with Gasteiger partial charge in [-0.15, -0.1) is 0 Å². The number of aryl methyl sites for hydroxylation is 1. The molecule has 0 radical (unpaired) electrons. The first-order valence-electron chi connectivity index (χ1n) is 9.80. The fraction of sp³-hybridized carbons (Fsp3) is 0.636. The van der Waals surface area contributed by atoms with Crippen molar-refractivity contribution in [2.45, 2.75) is 76.2 Å². The molecule has 3 atom stereocenters. The molecule has 0 bridgehead atoms. The van der Waals surface area contributed by atoms with Crippen molar-refractivity contribution in [1.82, 2.24) is 0 Å². The molecule has 0 heterocycles. The minimum atomic E-state index is -0.350. The van der Waals surface area contributed by atoms with Gasteiger partial charge in [0, 0.05) is 5.54 Å². The van der Waals surface area contributed by atoms with Crippen LogP contribution in [0.2, 0.25) is 0 Å². The molecule has 2 nitrogen and oxygen atoms in total. The van der Waals surface area contributed by atoms with Crippen LogP contribution in [0.25, 0.3) is 0 Å². The highest BCUT2D eigenvalue weighted by Crippen LogP contribution is 2.40. The Morgan fingerprint density at radius 1 is 1.25 bits per heavy atom. The summed E-state index contributed by atoms with van der Waals surface area (Å²) in [6.07, 6.45) is 15.1. The quantitative estimate of drug-likeness (QED) is 0.756. The second kappa shape index (κ2) is 7.84. The zero-order valence-corrected chi connectivity index (χ0v) is 15.1. The number of nitrogens with two attached hydrogens (primary N) is 1. The summed E-state index contributed by atoms with van der Waals surface area (Å²) in [5, 5.41) is 9.49. The van der Waals surface area contributed by atoms with Gasteiger partial charge in [-0.3, -0.25) is 0 Å². The van der Waals surface area contributed by atoms with E-state index in [1.165, 1.54) is 37.7 Å².